The molecule has 0 unspecified atom stereocenters. The second-order valence-electron chi connectivity index (χ2n) is 4.44. The molecule has 0 aliphatic rings. The van der Waals surface area contributed by atoms with Gasteiger partial charge in [-0.1, -0.05) is 6.07 Å². The molecule has 0 N–H and O–H groups in total. The van der Waals surface area contributed by atoms with Crippen molar-refractivity contribution in [1.29, 1.82) is 0 Å². The van der Waals surface area contributed by atoms with Crippen LogP contribution in [-0.4, -0.2) is 19.5 Å². The molecule has 0 fully saturated rings. The summed E-state index contributed by atoms with van der Waals surface area (Å²) in [5.74, 6) is 1.25. The van der Waals surface area contributed by atoms with E-state index in [9.17, 15) is 0 Å². The fraction of sp³-hybridized carbons (Fsp3) is 0.214. The first kappa shape index (κ1) is 12.1. The van der Waals surface area contributed by atoms with Crippen LogP contribution in [0.2, 0.25) is 0 Å². The summed E-state index contributed by atoms with van der Waals surface area (Å²) in [5, 5.41) is 0. The molecule has 3 aromatic rings. The Morgan fingerprint density at radius 2 is 2.16 bits per heavy atom. The molecule has 96 valence electrons. The Balaban J connectivity index is 2.11. The fourth-order valence-electron chi connectivity index (χ4n) is 2.14. The van der Waals surface area contributed by atoms with Gasteiger partial charge in [0.15, 0.2) is 0 Å². The molecule has 0 aliphatic carbocycles. The number of alkyl halides is 1. The minimum absolute atomic E-state index is 0.388. The van der Waals surface area contributed by atoms with Gasteiger partial charge in [0, 0.05) is 6.20 Å². The van der Waals surface area contributed by atoms with E-state index in [1.54, 1.807) is 12.5 Å². The molecule has 0 spiro atoms. The van der Waals surface area contributed by atoms with Crippen LogP contribution in [0, 0.1) is 6.92 Å². The van der Waals surface area contributed by atoms with E-state index in [0.717, 1.165) is 22.6 Å². The Hall–Kier alpha value is -1.94. The third-order valence-electron chi connectivity index (χ3n) is 3.07. The van der Waals surface area contributed by atoms with Crippen LogP contribution in [-0.2, 0) is 12.4 Å². The van der Waals surface area contributed by atoms with Gasteiger partial charge in [-0.25, -0.2) is 15.0 Å². The van der Waals surface area contributed by atoms with Gasteiger partial charge < -0.3 is 4.57 Å². The summed E-state index contributed by atoms with van der Waals surface area (Å²) in [6, 6.07) is 8.13. The van der Waals surface area contributed by atoms with E-state index >= 15 is 0 Å². The Morgan fingerprint density at radius 1 is 1.26 bits per heavy atom. The van der Waals surface area contributed by atoms with Gasteiger partial charge in [0.2, 0.25) is 0 Å². The molecule has 3 rings (SSSR count). The topological polar surface area (TPSA) is 43.6 Å². The third kappa shape index (κ3) is 2.31. The molecular weight excluding hydrogens is 260 g/mol. The quantitative estimate of drug-likeness (QED) is 0.689. The van der Waals surface area contributed by atoms with Crippen LogP contribution in [0.1, 0.15) is 17.1 Å². The van der Waals surface area contributed by atoms with E-state index in [2.05, 4.69) is 44.6 Å². The number of fused-ring (bicyclic) bond motifs is 1. The number of nitrogens with zero attached hydrogens (tertiary/aromatic N) is 4. The highest BCUT2D eigenvalue weighted by Crippen LogP contribution is 2.20. The maximum absolute atomic E-state index is 5.99. The number of hydrogen-bond donors (Lipinski definition) is 0. The van der Waals surface area contributed by atoms with Gasteiger partial charge >= 0.3 is 0 Å². The molecule has 19 heavy (non-hydrogen) atoms. The van der Waals surface area contributed by atoms with E-state index in [1.807, 2.05) is 6.07 Å². The number of aromatic nitrogens is 4. The van der Waals surface area contributed by atoms with Gasteiger partial charge in [-0.15, -0.1) is 11.6 Å². The number of benzene rings is 1. The highest BCUT2D eigenvalue weighted by Gasteiger charge is 2.10. The van der Waals surface area contributed by atoms with Crippen molar-refractivity contribution < 1.29 is 0 Å². The zero-order chi connectivity index (χ0) is 13.2. The van der Waals surface area contributed by atoms with Gasteiger partial charge in [0.25, 0.3) is 0 Å². The minimum atomic E-state index is 0.388. The lowest BCUT2D eigenvalue weighted by molar-refractivity contribution is 0.754. The largest absolute Gasteiger partial charge is 0.321 e. The average molecular weight is 273 g/mol. The van der Waals surface area contributed by atoms with Crippen molar-refractivity contribution in [3.05, 3.63) is 53.9 Å². The predicted octanol–water partition coefficient (Wildman–Crippen LogP) is 2.92. The molecule has 1 aromatic carbocycles. The molecule has 0 amide bonds. The minimum Gasteiger partial charge on any atom is -0.321 e. The van der Waals surface area contributed by atoms with Crippen LogP contribution in [0.25, 0.3) is 11.0 Å². The zero-order valence-electron chi connectivity index (χ0n) is 10.5. The zero-order valence-corrected chi connectivity index (χ0v) is 11.3. The highest BCUT2D eigenvalue weighted by atomic mass is 35.5. The first-order valence-corrected chi connectivity index (χ1v) is 6.58. The molecule has 0 saturated carbocycles. The van der Waals surface area contributed by atoms with Crippen LogP contribution in [0.5, 0.6) is 0 Å². The molecule has 2 heterocycles. The van der Waals surface area contributed by atoms with Gasteiger partial charge in [-0.05, 0) is 30.7 Å². The van der Waals surface area contributed by atoms with E-state index < -0.39 is 0 Å². The van der Waals surface area contributed by atoms with Crippen LogP contribution < -0.4 is 0 Å². The van der Waals surface area contributed by atoms with Crippen molar-refractivity contribution in [1.82, 2.24) is 19.5 Å². The molecule has 0 atom stereocenters. The Morgan fingerprint density at radius 3 is 2.89 bits per heavy atom. The summed E-state index contributed by atoms with van der Waals surface area (Å²) in [6.45, 7) is 2.72. The maximum atomic E-state index is 5.99. The third-order valence-corrected chi connectivity index (χ3v) is 3.30. The van der Waals surface area contributed by atoms with Crippen molar-refractivity contribution in [3.63, 3.8) is 0 Å². The lowest BCUT2D eigenvalue weighted by atomic mass is 10.2. The average Bonchev–Trinajstić information content (AvgIpc) is 2.77. The predicted molar refractivity (Wildman–Crippen MR) is 75.2 cm³/mol. The van der Waals surface area contributed by atoms with Crippen molar-refractivity contribution >= 4 is 22.6 Å². The summed E-state index contributed by atoms with van der Waals surface area (Å²) >= 11 is 5.99. The summed E-state index contributed by atoms with van der Waals surface area (Å²) in [4.78, 5) is 12.8. The van der Waals surface area contributed by atoms with Crippen LogP contribution in [0.4, 0.5) is 0 Å². The van der Waals surface area contributed by atoms with Crippen LogP contribution in [0.15, 0.2) is 36.8 Å². The van der Waals surface area contributed by atoms with Crippen molar-refractivity contribution in [2.75, 3.05) is 0 Å². The number of hydrogen-bond acceptors (Lipinski definition) is 3. The summed E-state index contributed by atoms with van der Waals surface area (Å²) < 4.78 is 2.10. The molecule has 0 aliphatic heterocycles. The molecule has 0 bridgehead atoms. The Kier molecular flexibility index (Phi) is 3.17. The van der Waals surface area contributed by atoms with Crippen LogP contribution >= 0.6 is 11.6 Å². The fourth-order valence-corrected chi connectivity index (χ4v) is 2.35. The van der Waals surface area contributed by atoms with Gasteiger partial charge in [0.1, 0.15) is 12.2 Å². The Labute approximate surface area is 116 Å². The van der Waals surface area contributed by atoms with E-state index in [0.29, 0.717) is 12.4 Å². The van der Waals surface area contributed by atoms with Crippen molar-refractivity contribution in [3.8, 4) is 0 Å². The van der Waals surface area contributed by atoms with Crippen molar-refractivity contribution in [2.45, 2.75) is 19.3 Å². The van der Waals surface area contributed by atoms with E-state index in [4.69, 9.17) is 11.6 Å². The van der Waals surface area contributed by atoms with Crippen LogP contribution in [0.3, 0.4) is 0 Å². The monoisotopic (exact) mass is 272 g/mol. The first-order valence-electron chi connectivity index (χ1n) is 6.04. The maximum Gasteiger partial charge on any atom is 0.125 e. The lowest BCUT2D eigenvalue weighted by Crippen LogP contribution is -2.05. The smallest absolute Gasteiger partial charge is 0.125 e. The SMILES string of the molecule is Cc1ccc2c(c1)nc(CCl)n2Cc1ccncn1. The molecule has 5 heteroatoms. The summed E-state index contributed by atoms with van der Waals surface area (Å²) in [6.07, 6.45) is 3.30. The van der Waals surface area contributed by atoms with E-state index in [-0.39, 0.29) is 0 Å². The normalized spacial score (nSPS) is 11.1. The lowest BCUT2D eigenvalue weighted by Gasteiger charge is -2.06. The van der Waals surface area contributed by atoms with Gasteiger partial charge in [-0.3, -0.25) is 0 Å². The number of imidazole rings is 1. The summed E-state index contributed by atoms with van der Waals surface area (Å²) in [5.41, 5.74) is 4.20. The second kappa shape index (κ2) is 4.97. The number of rotatable bonds is 3. The van der Waals surface area contributed by atoms with E-state index in [1.165, 1.54) is 5.56 Å². The Bertz CT molecular complexity index is 706. The molecule has 0 radical (unpaired) electrons. The first-order chi connectivity index (χ1) is 9.28. The molecule has 4 nitrogen and oxygen atoms in total. The molecule has 0 saturated heterocycles. The number of halogens is 1. The summed E-state index contributed by atoms with van der Waals surface area (Å²) in [7, 11) is 0. The second-order valence-corrected chi connectivity index (χ2v) is 4.71. The highest BCUT2D eigenvalue weighted by molar-refractivity contribution is 6.16. The molecule has 2 aromatic heterocycles. The molecular formula is C14H13ClN4. The standard InChI is InChI=1S/C14H13ClN4/c1-10-2-3-13-12(6-10)18-14(7-15)19(13)8-11-4-5-16-9-17-11/h2-6,9H,7-8H2,1H3. The van der Waals surface area contributed by atoms with Crippen molar-refractivity contribution in [2.24, 2.45) is 0 Å². The number of aryl methyl sites for hydroxylation is 1. The van der Waals surface area contributed by atoms with Gasteiger partial charge in [-0.2, -0.15) is 0 Å². The van der Waals surface area contributed by atoms with Gasteiger partial charge in [0.05, 0.1) is 29.2 Å².